The Morgan fingerprint density at radius 3 is 2.66 bits per heavy atom. The van der Waals surface area contributed by atoms with E-state index in [1.807, 2.05) is 36.5 Å². The Bertz CT molecular complexity index is 1010. The minimum absolute atomic E-state index is 0.0273. The molecule has 1 heterocycles. The van der Waals surface area contributed by atoms with Gasteiger partial charge < -0.3 is 20.9 Å². The van der Waals surface area contributed by atoms with Crippen LogP contribution >= 0.6 is 0 Å². The van der Waals surface area contributed by atoms with Gasteiger partial charge in [0.15, 0.2) is 0 Å². The molecule has 1 aromatic heterocycles. The topological polar surface area (TPSA) is 82.3 Å². The maximum atomic E-state index is 9.32. The molecule has 1 unspecified atom stereocenters. The van der Waals surface area contributed by atoms with E-state index in [0.717, 1.165) is 23.4 Å². The fourth-order valence-electron chi connectivity index (χ4n) is 4.35. The van der Waals surface area contributed by atoms with Crippen molar-refractivity contribution in [2.45, 2.75) is 63.8 Å². The third-order valence-electron chi connectivity index (χ3n) is 6.11. The van der Waals surface area contributed by atoms with Crippen LogP contribution in [0.5, 0.6) is 5.75 Å². The molecular formula is C28H36N2O2. The summed E-state index contributed by atoms with van der Waals surface area (Å²) in [5.41, 5.74) is 8.89. The fraction of sp³-hybridized carbons (Fsp3) is 0.429. The average Bonchev–Trinajstić information content (AvgIpc) is 3.23. The lowest BCUT2D eigenvalue weighted by molar-refractivity contribution is 0.265. The van der Waals surface area contributed by atoms with Crippen molar-refractivity contribution in [2.75, 3.05) is 6.61 Å². The Morgan fingerprint density at radius 1 is 1.06 bits per heavy atom. The third kappa shape index (κ3) is 7.75. The fourth-order valence-corrected chi connectivity index (χ4v) is 4.35. The Labute approximate surface area is 191 Å². The number of unbranched alkanes of at least 4 members (excludes halogenated alkanes) is 1. The van der Waals surface area contributed by atoms with Gasteiger partial charge in [-0.2, -0.15) is 0 Å². The van der Waals surface area contributed by atoms with Gasteiger partial charge >= 0.3 is 0 Å². The summed E-state index contributed by atoms with van der Waals surface area (Å²) >= 11 is 0. The van der Waals surface area contributed by atoms with E-state index < -0.39 is 0 Å². The van der Waals surface area contributed by atoms with E-state index in [1.165, 1.54) is 55.9 Å². The van der Waals surface area contributed by atoms with Crippen LogP contribution in [-0.2, 0) is 6.42 Å². The first kappa shape index (κ1) is 23.9. The quantitative estimate of drug-likeness (QED) is 0.306. The zero-order valence-corrected chi connectivity index (χ0v) is 18.9. The molecule has 0 amide bonds. The second kappa shape index (κ2) is 13.0. The van der Waals surface area contributed by atoms with Gasteiger partial charge in [0.1, 0.15) is 5.75 Å². The summed E-state index contributed by atoms with van der Waals surface area (Å²) in [6, 6.07) is 15.1. The molecule has 1 aliphatic carbocycles. The second-order valence-electron chi connectivity index (χ2n) is 8.75. The molecule has 1 saturated carbocycles. The molecule has 1 aliphatic rings. The van der Waals surface area contributed by atoms with Crippen molar-refractivity contribution in [1.82, 2.24) is 4.98 Å². The number of phenols is 1. The Morgan fingerprint density at radius 2 is 1.88 bits per heavy atom. The van der Waals surface area contributed by atoms with Gasteiger partial charge in [-0.25, -0.2) is 0 Å². The van der Waals surface area contributed by atoms with Crippen LogP contribution in [0.15, 0.2) is 54.7 Å². The summed E-state index contributed by atoms with van der Waals surface area (Å²) < 4.78 is 0. The summed E-state index contributed by atoms with van der Waals surface area (Å²) in [6.07, 6.45) is 13.4. The molecule has 0 spiro atoms. The van der Waals surface area contributed by atoms with E-state index in [1.54, 1.807) is 12.1 Å². The van der Waals surface area contributed by atoms with Crippen molar-refractivity contribution in [2.24, 2.45) is 11.7 Å². The number of hydrogen-bond donors (Lipinski definition) is 4. The van der Waals surface area contributed by atoms with Crippen molar-refractivity contribution in [3.05, 3.63) is 65.9 Å². The molecule has 0 aliphatic heterocycles. The van der Waals surface area contributed by atoms with Gasteiger partial charge in [0.2, 0.25) is 0 Å². The number of aromatic nitrogens is 1. The number of para-hydroxylation sites is 1. The predicted molar refractivity (Wildman–Crippen MR) is 132 cm³/mol. The van der Waals surface area contributed by atoms with Gasteiger partial charge in [0.25, 0.3) is 0 Å². The number of rotatable bonds is 6. The molecule has 0 radical (unpaired) electrons. The second-order valence-corrected chi connectivity index (χ2v) is 8.75. The van der Waals surface area contributed by atoms with Crippen LogP contribution in [0.4, 0.5) is 0 Å². The van der Waals surface area contributed by atoms with Crippen LogP contribution in [0.1, 0.15) is 62.5 Å². The number of hydrogen-bond acceptors (Lipinski definition) is 3. The van der Waals surface area contributed by atoms with Crippen LogP contribution in [0, 0.1) is 17.8 Å². The number of benzene rings is 2. The van der Waals surface area contributed by atoms with E-state index in [0.29, 0.717) is 12.2 Å². The van der Waals surface area contributed by atoms with Crippen LogP contribution in [-0.4, -0.2) is 27.8 Å². The van der Waals surface area contributed by atoms with Crippen molar-refractivity contribution in [1.29, 1.82) is 0 Å². The highest BCUT2D eigenvalue weighted by molar-refractivity contribution is 5.83. The first-order valence-corrected chi connectivity index (χ1v) is 11.8. The van der Waals surface area contributed by atoms with E-state index >= 15 is 0 Å². The average molecular weight is 433 g/mol. The van der Waals surface area contributed by atoms with Gasteiger partial charge in [-0.15, -0.1) is 0 Å². The highest BCUT2D eigenvalue weighted by Crippen LogP contribution is 2.27. The zero-order chi connectivity index (χ0) is 22.6. The number of aliphatic hydroxyl groups excluding tert-OH is 1. The molecule has 32 heavy (non-hydrogen) atoms. The van der Waals surface area contributed by atoms with Gasteiger partial charge in [0, 0.05) is 35.1 Å². The molecular weight excluding hydrogens is 396 g/mol. The first-order chi connectivity index (χ1) is 15.7. The number of aromatic amines is 1. The number of nitrogens with one attached hydrogen (secondary N) is 1. The molecule has 3 aromatic rings. The molecule has 170 valence electrons. The molecule has 5 N–H and O–H groups in total. The van der Waals surface area contributed by atoms with E-state index in [2.05, 4.69) is 22.9 Å². The van der Waals surface area contributed by atoms with Crippen molar-refractivity contribution >= 4 is 10.9 Å². The Balaban J connectivity index is 0.000000186. The molecule has 2 aromatic carbocycles. The number of aromatic hydroxyl groups is 1. The van der Waals surface area contributed by atoms with Gasteiger partial charge in [-0.1, -0.05) is 68.2 Å². The number of H-pyrrole nitrogens is 1. The van der Waals surface area contributed by atoms with Crippen molar-refractivity contribution in [3.8, 4) is 17.6 Å². The van der Waals surface area contributed by atoms with Crippen LogP contribution in [0.3, 0.4) is 0 Å². The number of fused-ring (bicyclic) bond motifs is 1. The highest BCUT2D eigenvalue weighted by atomic mass is 16.3. The number of aliphatic hydroxyl groups is 1. The Kier molecular flexibility index (Phi) is 9.68. The highest BCUT2D eigenvalue weighted by Gasteiger charge is 2.12. The number of phenolic OH excluding ortho intramolecular Hbond substituents is 1. The van der Waals surface area contributed by atoms with Gasteiger partial charge in [-0.3, -0.25) is 0 Å². The van der Waals surface area contributed by atoms with E-state index in [9.17, 15) is 5.11 Å². The van der Waals surface area contributed by atoms with Crippen molar-refractivity contribution in [3.63, 3.8) is 0 Å². The predicted octanol–water partition coefficient (Wildman–Crippen LogP) is 5.52. The molecule has 1 fully saturated rings. The Hall–Kier alpha value is -2.74. The smallest absolute Gasteiger partial charge is 0.116 e. The van der Waals surface area contributed by atoms with Gasteiger partial charge in [-0.05, 0) is 55.0 Å². The maximum Gasteiger partial charge on any atom is 0.116 e. The van der Waals surface area contributed by atoms with Crippen molar-refractivity contribution < 1.29 is 10.2 Å². The monoisotopic (exact) mass is 432 g/mol. The minimum Gasteiger partial charge on any atom is -0.508 e. The number of nitrogens with two attached hydrogens (primary N) is 1. The maximum absolute atomic E-state index is 9.32. The lowest BCUT2D eigenvalue weighted by Gasteiger charge is -2.20. The summed E-state index contributed by atoms with van der Waals surface area (Å²) in [5.74, 6) is 7.58. The van der Waals surface area contributed by atoms with Crippen LogP contribution < -0.4 is 5.73 Å². The lowest BCUT2D eigenvalue weighted by atomic mass is 9.86. The first-order valence-electron chi connectivity index (χ1n) is 11.8. The van der Waals surface area contributed by atoms with Crippen LogP contribution in [0.25, 0.3) is 10.9 Å². The van der Waals surface area contributed by atoms with Crippen LogP contribution in [0.2, 0.25) is 0 Å². The van der Waals surface area contributed by atoms with E-state index in [4.69, 9.17) is 10.8 Å². The van der Waals surface area contributed by atoms with E-state index in [-0.39, 0.29) is 12.6 Å². The summed E-state index contributed by atoms with van der Waals surface area (Å²) in [4.78, 5) is 3.18. The molecule has 1 atom stereocenters. The zero-order valence-electron chi connectivity index (χ0n) is 18.9. The normalized spacial score (nSPS) is 14.8. The third-order valence-corrected chi connectivity index (χ3v) is 6.11. The molecule has 0 saturated heterocycles. The van der Waals surface area contributed by atoms with Gasteiger partial charge in [0.05, 0.1) is 6.61 Å². The molecule has 0 bridgehead atoms. The summed E-state index contributed by atoms with van der Waals surface area (Å²) in [6.45, 7) is 0.0273. The summed E-state index contributed by atoms with van der Waals surface area (Å²) in [5, 5.41) is 19.4. The summed E-state index contributed by atoms with van der Waals surface area (Å²) in [7, 11) is 0. The SMILES string of the molecule is NC(CO)Cc1c[nH]c2ccccc12.Oc1cccc(C#CCCCC2CCCCC2)c1. The standard InChI is InChI=1S/C17H22O.C11H14N2O/c18-17-13-7-12-16(14-17)11-6-2-5-10-15-8-3-1-4-9-15;12-9(7-14)5-8-6-13-11-4-2-1-3-10(8)11/h7,12-15,18H,1-5,8-10H2;1-4,6,9,13-14H,5,7,12H2. The molecule has 4 rings (SSSR count). The molecule has 4 nitrogen and oxygen atoms in total. The largest absolute Gasteiger partial charge is 0.508 e. The minimum atomic E-state index is -0.172. The molecule has 4 heteroatoms. The lowest BCUT2D eigenvalue weighted by Crippen LogP contribution is -2.26.